The molecule has 0 heterocycles. The molecule has 0 N–H and O–H groups in total. The molecule has 0 saturated carbocycles. The molecule has 2 nitrogen and oxygen atoms in total. The lowest BCUT2D eigenvalue weighted by atomic mass is 10.6. The minimum atomic E-state index is -0.568. The minimum Gasteiger partial charge on any atom is -0.522 e. The third-order valence-electron chi connectivity index (χ3n) is 0.909. The van der Waals surface area contributed by atoms with Crippen LogP contribution in [0.5, 0.6) is 0 Å². The summed E-state index contributed by atoms with van der Waals surface area (Å²) in [6.45, 7) is 5.37. The second-order valence-corrected chi connectivity index (χ2v) is 3.13. The van der Waals surface area contributed by atoms with Gasteiger partial charge in [-0.05, 0) is 6.04 Å². The summed E-state index contributed by atoms with van der Waals surface area (Å²) in [4.78, 5) is 10.4. The lowest BCUT2D eigenvalue weighted by Gasteiger charge is -1.96. The molecule has 0 aromatic carbocycles. The Hall–Kier alpha value is -0.573. The normalized spacial score (nSPS) is 9.89. The Bertz CT molecular complexity index is 101. The van der Waals surface area contributed by atoms with Gasteiger partial charge in [-0.1, -0.05) is 19.9 Å². The fourth-order valence-corrected chi connectivity index (χ4v) is 1.13. The lowest BCUT2D eigenvalue weighted by molar-refractivity contribution is -0.128. The molecule has 0 spiro atoms. The first-order valence-electron chi connectivity index (χ1n) is 3.10. The molecule has 0 saturated heterocycles. The van der Waals surface area contributed by atoms with Gasteiger partial charge in [0, 0.05) is 6.08 Å². The Kier molecular flexibility index (Phi) is 5.21. The molecule has 0 aromatic rings. The van der Waals surface area contributed by atoms with Gasteiger partial charge in [0.25, 0.3) is 0 Å². The first-order valence-corrected chi connectivity index (χ1v) is 4.68. The predicted molar refractivity (Wildman–Crippen MR) is 39.9 cm³/mol. The zero-order chi connectivity index (χ0) is 7.11. The molecule has 52 valence electrons. The molecule has 9 heavy (non-hydrogen) atoms. The zero-order valence-electron chi connectivity index (χ0n) is 5.72. The Morgan fingerprint density at radius 2 is 2.56 bits per heavy atom. The van der Waals surface area contributed by atoms with Crippen LogP contribution in [0, 0.1) is 0 Å². The highest BCUT2D eigenvalue weighted by Crippen LogP contribution is 1.86. The van der Waals surface area contributed by atoms with Gasteiger partial charge in [0.15, 0.2) is 0 Å². The quantitative estimate of drug-likeness (QED) is 0.328. The molecule has 0 rings (SSSR count). The van der Waals surface area contributed by atoms with Crippen molar-refractivity contribution >= 4 is 15.7 Å². The van der Waals surface area contributed by atoms with E-state index in [0.717, 1.165) is 12.5 Å². The molecule has 3 heteroatoms. The molecule has 0 bridgehead atoms. The molecule has 0 fully saturated rings. The van der Waals surface area contributed by atoms with Gasteiger partial charge < -0.3 is 4.43 Å². The van der Waals surface area contributed by atoms with Gasteiger partial charge >= 0.3 is 5.97 Å². The summed E-state index contributed by atoms with van der Waals surface area (Å²) in [5.41, 5.74) is 0. The molecule has 0 aromatic heterocycles. The zero-order valence-corrected chi connectivity index (χ0v) is 7.14. The predicted octanol–water partition coefficient (Wildman–Crippen LogP) is 0.628. The summed E-state index contributed by atoms with van der Waals surface area (Å²) in [7, 11) is -0.568. The maximum atomic E-state index is 10.4. The molecule has 0 aliphatic carbocycles. The van der Waals surface area contributed by atoms with Crippen LogP contribution in [0.15, 0.2) is 12.7 Å². The van der Waals surface area contributed by atoms with Gasteiger partial charge in [-0.15, -0.1) is 0 Å². The number of hydrogen-bond acceptors (Lipinski definition) is 2. The summed E-state index contributed by atoms with van der Waals surface area (Å²) < 4.78 is 4.81. The van der Waals surface area contributed by atoms with Crippen LogP contribution in [0.3, 0.4) is 0 Å². The van der Waals surface area contributed by atoms with E-state index < -0.39 is 9.76 Å². The maximum Gasteiger partial charge on any atom is 0.316 e. The third kappa shape index (κ3) is 5.30. The van der Waals surface area contributed by atoms with Crippen LogP contribution in [0.25, 0.3) is 0 Å². The fraction of sp³-hybridized carbons (Fsp3) is 0.500. The van der Waals surface area contributed by atoms with Crippen molar-refractivity contribution in [3.05, 3.63) is 12.7 Å². The largest absolute Gasteiger partial charge is 0.522 e. The van der Waals surface area contributed by atoms with E-state index in [4.69, 9.17) is 4.43 Å². The lowest BCUT2D eigenvalue weighted by Crippen LogP contribution is -2.03. The molecule has 0 radical (unpaired) electrons. The van der Waals surface area contributed by atoms with Crippen LogP contribution in [0.4, 0.5) is 0 Å². The molecule has 0 atom stereocenters. The van der Waals surface area contributed by atoms with E-state index in [1.807, 2.05) is 0 Å². The maximum absolute atomic E-state index is 10.4. The topological polar surface area (TPSA) is 26.3 Å². The highest BCUT2D eigenvalue weighted by atomic mass is 28.2. The molecule has 0 unspecified atom stereocenters. The highest BCUT2D eigenvalue weighted by molar-refractivity contribution is 6.30. The fourth-order valence-electron chi connectivity index (χ4n) is 0.376. The van der Waals surface area contributed by atoms with Crippen molar-refractivity contribution in [3.8, 4) is 0 Å². The molecular weight excluding hydrogens is 132 g/mol. The monoisotopic (exact) mass is 144 g/mol. The summed E-state index contributed by atoms with van der Waals surface area (Å²) in [6, 6.07) is 1.07. The molecule has 0 amide bonds. The van der Waals surface area contributed by atoms with Crippen molar-refractivity contribution in [1.82, 2.24) is 0 Å². The van der Waals surface area contributed by atoms with E-state index in [9.17, 15) is 4.79 Å². The number of rotatable bonds is 4. The van der Waals surface area contributed by atoms with Gasteiger partial charge in [0.05, 0.1) is 0 Å². The average Bonchev–Trinajstić information content (AvgIpc) is 1.89. The van der Waals surface area contributed by atoms with Crippen molar-refractivity contribution in [2.45, 2.75) is 19.4 Å². The molecular formula is C6H12O2Si. The van der Waals surface area contributed by atoms with E-state index in [1.165, 1.54) is 6.08 Å². The molecule has 0 aliphatic rings. The first kappa shape index (κ1) is 8.43. The Balaban J connectivity index is 3.07. The van der Waals surface area contributed by atoms with E-state index in [-0.39, 0.29) is 5.97 Å². The third-order valence-corrected chi connectivity index (χ3v) is 2.39. The van der Waals surface area contributed by atoms with Gasteiger partial charge in [-0.3, -0.25) is 0 Å². The number of hydrogen-bond donors (Lipinski definition) is 0. The number of carbonyl (C=O) groups excluding carboxylic acids is 1. The van der Waals surface area contributed by atoms with Crippen molar-refractivity contribution in [3.63, 3.8) is 0 Å². The van der Waals surface area contributed by atoms with Gasteiger partial charge in [-0.2, -0.15) is 0 Å². The van der Waals surface area contributed by atoms with Crippen molar-refractivity contribution in [1.29, 1.82) is 0 Å². The Morgan fingerprint density at radius 3 is 3.00 bits per heavy atom. The highest BCUT2D eigenvalue weighted by Gasteiger charge is 1.92. The summed E-state index contributed by atoms with van der Waals surface area (Å²) in [6.07, 6.45) is 2.32. The van der Waals surface area contributed by atoms with Crippen molar-refractivity contribution in [2.75, 3.05) is 0 Å². The van der Waals surface area contributed by atoms with Crippen LogP contribution in [0.2, 0.25) is 6.04 Å². The van der Waals surface area contributed by atoms with Crippen LogP contribution in [-0.4, -0.2) is 15.7 Å². The smallest absolute Gasteiger partial charge is 0.316 e. The summed E-state index contributed by atoms with van der Waals surface area (Å²) in [5, 5.41) is 0. The Labute approximate surface area is 57.8 Å². The van der Waals surface area contributed by atoms with Crippen LogP contribution >= 0.6 is 0 Å². The van der Waals surface area contributed by atoms with E-state index in [0.29, 0.717) is 0 Å². The van der Waals surface area contributed by atoms with Crippen LogP contribution in [-0.2, 0) is 9.22 Å². The van der Waals surface area contributed by atoms with Gasteiger partial charge in [0.2, 0.25) is 9.76 Å². The summed E-state index contributed by atoms with van der Waals surface area (Å²) >= 11 is 0. The average molecular weight is 144 g/mol. The second-order valence-electron chi connectivity index (χ2n) is 1.73. The van der Waals surface area contributed by atoms with Crippen molar-refractivity contribution in [2.24, 2.45) is 0 Å². The van der Waals surface area contributed by atoms with Gasteiger partial charge in [-0.25, -0.2) is 4.79 Å². The van der Waals surface area contributed by atoms with Crippen LogP contribution in [0.1, 0.15) is 13.3 Å². The summed E-state index contributed by atoms with van der Waals surface area (Å²) in [5.74, 6) is -0.268. The van der Waals surface area contributed by atoms with E-state index >= 15 is 0 Å². The standard InChI is InChI=1S/C6H12O2Si/c1-3-5-9-8-6(7)4-2/h4H,2-3,5,9H2,1H3. The van der Waals surface area contributed by atoms with Gasteiger partial charge in [0.1, 0.15) is 0 Å². The van der Waals surface area contributed by atoms with Crippen LogP contribution < -0.4 is 0 Å². The molecule has 0 aliphatic heterocycles. The second kappa shape index (κ2) is 5.56. The van der Waals surface area contributed by atoms with E-state index in [1.54, 1.807) is 0 Å². The number of carbonyl (C=O) groups is 1. The first-order chi connectivity index (χ1) is 4.31. The van der Waals surface area contributed by atoms with Crippen molar-refractivity contribution < 1.29 is 9.22 Å². The van der Waals surface area contributed by atoms with E-state index in [2.05, 4.69) is 13.5 Å². The SMILES string of the molecule is C=CC(=O)O[SiH2]CCC. The Morgan fingerprint density at radius 1 is 1.89 bits per heavy atom. The minimum absolute atomic E-state index is 0.268.